The predicted octanol–water partition coefficient (Wildman–Crippen LogP) is 4.64. The smallest absolute Gasteiger partial charge is 0.0751 e. The highest BCUT2D eigenvalue weighted by Crippen LogP contribution is 2.35. The number of hydrogen-bond donors (Lipinski definition) is 1. The molecule has 0 fully saturated rings. The molecule has 1 heterocycles. The number of nitrogens with one attached hydrogen (secondary N) is 1. The van der Waals surface area contributed by atoms with E-state index in [1.807, 2.05) is 12.3 Å². The maximum absolute atomic E-state index is 4.52. The molecule has 2 nitrogen and oxygen atoms in total. The van der Waals surface area contributed by atoms with Crippen LogP contribution in [0.15, 0.2) is 54.7 Å². The molecule has 0 radical (unpaired) electrons. The van der Waals surface area contributed by atoms with Gasteiger partial charge >= 0.3 is 0 Å². The van der Waals surface area contributed by atoms with Crippen molar-refractivity contribution in [2.75, 3.05) is 5.32 Å². The van der Waals surface area contributed by atoms with Crippen molar-refractivity contribution in [1.82, 2.24) is 4.98 Å². The van der Waals surface area contributed by atoms with Gasteiger partial charge in [0.15, 0.2) is 0 Å². The number of benzene rings is 2. The number of aryl methyl sites for hydroxylation is 2. The van der Waals surface area contributed by atoms with E-state index in [0.29, 0.717) is 6.04 Å². The molecule has 0 saturated heterocycles. The van der Waals surface area contributed by atoms with Gasteiger partial charge in [-0.2, -0.15) is 0 Å². The lowest BCUT2D eigenvalue weighted by Gasteiger charge is -2.17. The summed E-state index contributed by atoms with van der Waals surface area (Å²) in [6, 6.07) is 17.7. The molecular weight excluding hydrogens is 256 g/mol. The van der Waals surface area contributed by atoms with Gasteiger partial charge in [-0.1, -0.05) is 30.3 Å². The van der Waals surface area contributed by atoms with E-state index in [9.17, 15) is 0 Å². The van der Waals surface area contributed by atoms with E-state index in [1.165, 1.54) is 27.8 Å². The fourth-order valence-electron chi connectivity index (χ4n) is 3.33. The number of fused-ring (bicyclic) bond motifs is 2. The number of pyridine rings is 1. The van der Waals surface area contributed by atoms with Crippen molar-refractivity contribution in [3.63, 3.8) is 0 Å². The predicted molar refractivity (Wildman–Crippen MR) is 87.6 cm³/mol. The summed E-state index contributed by atoms with van der Waals surface area (Å²) in [4.78, 5) is 4.52. The van der Waals surface area contributed by atoms with Crippen LogP contribution < -0.4 is 5.32 Å². The summed E-state index contributed by atoms with van der Waals surface area (Å²) in [6.07, 6.45) is 4.19. The quantitative estimate of drug-likeness (QED) is 0.736. The molecule has 0 spiro atoms. The second kappa shape index (κ2) is 4.88. The minimum absolute atomic E-state index is 0.410. The van der Waals surface area contributed by atoms with E-state index in [1.54, 1.807) is 0 Å². The van der Waals surface area contributed by atoms with Crippen LogP contribution in [0, 0.1) is 6.92 Å². The molecule has 3 aromatic rings. The summed E-state index contributed by atoms with van der Waals surface area (Å²) in [5, 5.41) is 4.94. The molecular formula is C19H18N2. The van der Waals surface area contributed by atoms with Crippen LogP contribution in [-0.2, 0) is 6.42 Å². The molecule has 4 rings (SSSR count). The first-order chi connectivity index (χ1) is 10.3. The number of rotatable bonds is 2. The fraction of sp³-hybridized carbons (Fsp3) is 0.211. The number of aromatic nitrogens is 1. The van der Waals surface area contributed by atoms with Crippen LogP contribution in [0.1, 0.15) is 29.2 Å². The van der Waals surface area contributed by atoms with Gasteiger partial charge in [0.25, 0.3) is 0 Å². The van der Waals surface area contributed by atoms with Crippen molar-refractivity contribution in [2.45, 2.75) is 25.8 Å². The third-order valence-corrected chi connectivity index (χ3v) is 4.43. The lowest BCUT2D eigenvalue weighted by Crippen LogP contribution is -2.07. The first-order valence-electron chi connectivity index (χ1n) is 7.51. The minimum atomic E-state index is 0.410. The monoisotopic (exact) mass is 274 g/mol. The first kappa shape index (κ1) is 12.4. The van der Waals surface area contributed by atoms with E-state index in [0.717, 1.165) is 18.4 Å². The van der Waals surface area contributed by atoms with Gasteiger partial charge in [0, 0.05) is 17.3 Å². The molecule has 0 amide bonds. The van der Waals surface area contributed by atoms with Crippen LogP contribution in [0.2, 0.25) is 0 Å². The molecule has 21 heavy (non-hydrogen) atoms. The summed E-state index contributed by atoms with van der Waals surface area (Å²) in [6.45, 7) is 2.12. The Hall–Kier alpha value is -2.35. The molecule has 0 aliphatic heterocycles. The Balaban J connectivity index is 1.75. The van der Waals surface area contributed by atoms with Crippen molar-refractivity contribution in [3.8, 4) is 0 Å². The topological polar surface area (TPSA) is 24.9 Å². The Morgan fingerprint density at radius 1 is 1.05 bits per heavy atom. The SMILES string of the molecule is Cc1ccc(NC2CCc3ccccc32)c2cccnc12. The van der Waals surface area contributed by atoms with Gasteiger partial charge in [-0.05, 0) is 54.7 Å². The van der Waals surface area contributed by atoms with Crippen LogP contribution in [0.4, 0.5) is 5.69 Å². The van der Waals surface area contributed by atoms with Crippen molar-refractivity contribution in [2.24, 2.45) is 0 Å². The molecule has 2 aromatic carbocycles. The van der Waals surface area contributed by atoms with E-state index in [2.05, 4.69) is 59.7 Å². The number of hydrogen-bond acceptors (Lipinski definition) is 2. The minimum Gasteiger partial charge on any atom is -0.378 e. The second-order valence-corrected chi connectivity index (χ2v) is 5.76. The van der Waals surface area contributed by atoms with Gasteiger partial charge in [-0.3, -0.25) is 4.98 Å². The average molecular weight is 274 g/mol. The highest BCUT2D eigenvalue weighted by molar-refractivity contribution is 5.93. The van der Waals surface area contributed by atoms with Crippen LogP contribution in [0.5, 0.6) is 0 Å². The molecule has 1 aliphatic rings. The highest BCUT2D eigenvalue weighted by atomic mass is 14.9. The molecule has 0 bridgehead atoms. The molecule has 1 N–H and O–H groups in total. The Morgan fingerprint density at radius 3 is 2.90 bits per heavy atom. The molecule has 0 saturated carbocycles. The lowest BCUT2D eigenvalue weighted by molar-refractivity contribution is 0.763. The van der Waals surface area contributed by atoms with Gasteiger partial charge < -0.3 is 5.32 Å². The summed E-state index contributed by atoms with van der Waals surface area (Å²) in [5.41, 5.74) is 6.42. The van der Waals surface area contributed by atoms with E-state index in [-0.39, 0.29) is 0 Å². The highest BCUT2D eigenvalue weighted by Gasteiger charge is 2.22. The van der Waals surface area contributed by atoms with Crippen LogP contribution in [0.25, 0.3) is 10.9 Å². The maximum atomic E-state index is 4.52. The average Bonchev–Trinajstić information content (AvgIpc) is 2.94. The number of nitrogens with zero attached hydrogens (tertiary/aromatic N) is 1. The van der Waals surface area contributed by atoms with Crippen LogP contribution in [-0.4, -0.2) is 4.98 Å². The Labute approximate surface area is 124 Å². The Morgan fingerprint density at radius 2 is 1.95 bits per heavy atom. The zero-order chi connectivity index (χ0) is 14.2. The summed E-state index contributed by atoms with van der Waals surface area (Å²) in [7, 11) is 0. The molecule has 1 unspecified atom stereocenters. The van der Waals surface area contributed by atoms with Gasteiger partial charge in [-0.15, -0.1) is 0 Å². The third-order valence-electron chi connectivity index (χ3n) is 4.43. The van der Waals surface area contributed by atoms with Crippen molar-refractivity contribution in [3.05, 3.63) is 71.4 Å². The molecule has 104 valence electrons. The van der Waals surface area contributed by atoms with Crippen LogP contribution >= 0.6 is 0 Å². The standard InChI is InChI=1S/C19H18N2/c1-13-8-10-18(16-7-4-12-20-19(13)16)21-17-11-9-14-5-2-3-6-15(14)17/h2-8,10,12,17,21H,9,11H2,1H3. The first-order valence-corrected chi connectivity index (χ1v) is 7.51. The Bertz CT molecular complexity index is 808. The third kappa shape index (κ3) is 2.07. The molecule has 1 aliphatic carbocycles. The zero-order valence-electron chi connectivity index (χ0n) is 12.1. The van der Waals surface area contributed by atoms with Crippen molar-refractivity contribution < 1.29 is 0 Å². The summed E-state index contributed by atoms with van der Waals surface area (Å²) >= 11 is 0. The van der Waals surface area contributed by atoms with Crippen LogP contribution in [0.3, 0.4) is 0 Å². The van der Waals surface area contributed by atoms with E-state index >= 15 is 0 Å². The molecule has 1 atom stereocenters. The van der Waals surface area contributed by atoms with Gasteiger partial charge in [-0.25, -0.2) is 0 Å². The largest absolute Gasteiger partial charge is 0.378 e. The Kier molecular flexibility index (Phi) is 2.88. The normalized spacial score (nSPS) is 16.9. The zero-order valence-corrected chi connectivity index (χ0v) is 12.1. The van der Waals surface area contributed by atoms with E-state index < -0.39 is 0 Å². The lowest BCUT2D eigenvalue weighted by atomic mass is 10.1. The molecule has 2 heteroatoms. The van der Waals surface area contributed by atoms with Crippen molar-refractivity contribution in [1.29, 1.82) is 0 Å². The van der Waals surface area contributed by atoms with Crippen molar-refractivity contribution >= 4 is 16.6 Å². The second-order valence-electron chi connectivity index (χ2n) is 5.76. The fourth-order valence-corrected chi connectivity index (χ4v) is 3.33. The van der Waals surface area contributed by atoms with Gasteiger partial charge in [0.1, 0.15) is 0 Å². The van der Waals surface area contributed by atoms with Gasteiger partial charge in [0.05, 0.1) is 11.6 Å². The summed E-state index contributed by atoms with van der Waals surface area (Å²) in [5.74, 6) is 0. The number of anilines is 1. The molecule has 1 aromatic heterocycles. The summed E-state index contributed by atoms with van der Waals surface area (Å²) < 4.78 is 0. The maximum Gasteiger partial charge on any atom is 0.0751 e. The van der Waals surface area contributed by atoms with E-state index in [4.69, 9.17) is 0 Å². The van der Waals surface area contributed by atoms with Gasteiger partial charge in [0.2, 0.25) is 0 Å².